The van der Waals surface area contributed by atoms with Crippen LogP contribution in [0.25, 0.3) is 0 Å². The molecule has 0 saturated heterocycles. The van der Waals surface area contributed by atoms with Crippen molar-refractivity contribution in [1.29, 1.82) is 0 Å². The van der Waals surface area contributed by atoms with Crippen LogP contribution in [-0.4, -0.2) is 33.5 Å². The van der Waals surface area contributed by atoms with Crippen LogP contribution in [0.3, 0.4) is 0 Å². The summed E-state index contributed by atoms with van der Waals surface area (Å²) in [5.41, 5.74) is 2.75. The molecule has 30 heavy (non-hydrogen) atoms. The standard InChI is InChI=1S/C26H44N2Si2/c1-7-29(8-2,9-3)22-28(23-30(10-4,11-5)12-6)26-21-25(18-19-27-26)20-24-16-14-13-15-17-24/h13-19,21H,7-12,20,22-23H2,1-6H3. The summed E-state index contributed by atoms with van der Waals surface area (Å²) in [5, 5.41) is 0. The van der Waals surface area contributed by atoms with E-state index in [1.165, 1.54) is 65.5 Å². The quantitative estimate of drug-likeness (QED) is 0.298. The lowest BCUT2D eigenvalue weighted by Gasteiger charge is -2.41. The largest absolute Gasteiger partial charge is 0.362 e. The highest BCUT2D eigenvalue weighted by molar-refractivity contribution is 6.82. The Morgan fingerprint density at radius 1 is 0.667 bits per heavy atom. The number of nitrogens with zero attached hydrogens (tertiary/aromatic N) is 2. The summed E-state index contributed by atoms with van der Waals surface area (Å²) in [5.74, 6) is 1.22. The number of aromatic nitrogens is 1. The van der Waals surface area contributed by atoms with Crippen molar-refractivity contribution in [2.24, 2.45) is 0 Å². The van der Waals surface area contributed by atoms with E-state index in [2.05, 4.69) is 88.9 Å². The molecule has 166 valence electrons. The van der Waals surface area contributed by atoms with E-state index in [4.69, 9.17) is 4.98 Å². The number of pyridine rings is 1. The first-order chi connectivity index (χ1) is 14.5. The molecule has 0 N–H and O–H groups in total. The van der Waals surface area contributed by atoms with Crippen molar-refractivity contribution >= 4 is 22.0 Å². The summed E-state index contributed by atoms with van der Waals surface area (Å²) in [6.07, 6.45) is 5.57. The summed E-state index contributed by atoms with van der Waals surface area (Å²) in [7, 11) is -2.57. The molecule has 0 atom stereocenters. The molecule has 0 bridgehead atoms. The molecule has 0 fully saturated rings. The van der Waals surface area contributed by atoms with E-state index in [9.17, 15) is 0 Å². The van der Waals surface area contributed by atoms with Gasteiger partial charge in [-0.2, -0.15) is 0 Å². The zero-order valence-electron chi connectivity index (χ0n) is 20.4. The van der Waals surface area contributed by atoms with E-state index in [1.54, 1.807) is 0 Å². The lowest BCUT2D eigenvalue weighted by Crippen LogP contribution is -2.53. The molecule has 2 rings (SSSR count). The van der Waals surface area contributed by atoms with Crippen molar-refractivity contribution in [3.63, 3.8) is 0 Å². The van der Waals surface area contributed by atoms with E-state index in [0.717, 1.165) is 6.42 Å². The topological polar surface area (TPSA) is 16.1 Å². The van der Waals surface area contributed by atoms with Gasteiger partial charge in [-0.15, -0.1) is 0 Å². The zero-order chi connectivity index (χ0) is 22.0. The Labute approximate surface area is 188 Å². The van der Waals surface area contributed by atoms with Crippen molar-refractivity contribution in [1.82, 2.24) is 4.98 Å². The molecule has 0 spiro atoms. The van der Waals surface area contributed by atoms with E-state index >= 15 is 0 Å². The second-order valence-electron chi connectivity index (χ2n) is 9.16. The van der Waals surface area contributed by atoms with Crippen molar-refractivity contribution in [3.8, 4) is 0 Å². The van der Waals surface area contributed by atoms with Crippen LogP contribution in [0.1, 0.15) is 52.7 Å². The van der Waals surface area contributed by atoms with Gasteiger partial charge in [-0.3, -0.25) is 0 Å². The number of anilines is 1. The Morgan fingerprint density at radius 3 is 1.63 bits per heavy atom. The monoisotopic (exact) mass is 440 g/mol. The molecule has 0 amide bonds. The van der Waals surface area contributed by atoms with Crippen molar-refractivity contribution < 1.29 is 0 Å². The minimum absolute atomic E-state index is 0.986. The van der Waals surface area contributed by atoms with Crippen molar-refractivity contribution in [2.45, 2.75) is 84.2 Å². The first kappa shape index (κ1) is 24.9. The van der Waals surface area contributed by atoms with Crippen LogP contribution >= 0.6 is 0 Å². The van der Waals surface area contributed by atoms with Gasteiger partial charge in [0.2, 0.25) is 0 Å². The normalized spacial score (nSPS) is 12.2. The lowest BCUT2D eigenvalue weighted by atomic mass is 10.1. The van der Waals surface area contributed by atoms with Crippen molar-refractivity contribution in [3.05, 3.63) is 59.8 Å². The Bertz CT molecular complexity index is 701. The Hall–Kier alpha value is -1.40. The van der Waals surface area contributed by atoms with E-state index in [0.29, 0.717) is 0 Å². The molecule has 4 heteroatoms. The summed E-state index contributed by atoms with van der Waals surface area (Å²) in [6, 6.07) is 23.6. The van der Waals surface area contributed by atoms with E-state index < -0.39 is 16.1 Å². The summed E-state index contributed by atoms with van der Waals surface area (Å²) in [4.78, 5) is 7.68. The van der Waals surface area contributed by atoms with Crippen LogP contribution < -0.4 is 4.90 Å². The molecule has 2 aromatic rings. The third-order valence-electron chi connectivity index (χ3n) is 7.94. The second kappa shape index (κ2) is 11.9. The third kappa shape index (κ3) is 6.30. The summed E-state index contributed by atoms with van der Waals surface area (Å²) < 4.78 is 0. The molecule has 0 aliphatic heterocycles. The lowest BCUT2D eigenvalue weighted by molar-refractivity contribution is 0.911. The molecular formula is C26H44N2Si2. The molecule has 2 nitrogen and oxygen atoms in total. The second-order valence-corrected chi connectivity index (χ2v) is 20.0. The van der Waals surface area contributed by atoms with Gasteiger partial charge in [0.05, 0.1) is 16.1 Å². The number of rotatable bonds is 13. The predicted molar refractivity (Wildman–Crippen MR) is 140 cm³/mol. The first-order valence-electron chi connectivity index (χ1n) is 12.2. The summed E-state index contributed by atoms with van der Waals surface area (Å²) >= 11 is 0. The maximum Gasteiger partial charge on any atom is 0.128 e. The van der Waals surface area contributed by atoms with E-state index in [-0.39, 0.29) is 0 Å². The van der Waals surface area contributed by atoms with Gasteiger partial charge >= 0.3 is 0 Å². The predicted octanol–water partition coefficient (Wildman–Crippen LogP) is 7.57. The van der Waals surface area contributed by atoms with Gasteiger partial charge in [0, 0.05) is 18.5 Å². The van der Waals surface area contributed by atoms with Gasteiger partial charge in [-0.05, 0) is 29.7 Å². The molecule has 0 aliphatic carbocycles. The molecular weight excluding hydrogens is 396 g/mol. The number of benzene rings is 1. The van der Waals surface area contributed by atoms with Gasteiger partial charge in [0.1, 0.15) is 5.82 Å². The van der Waals surface area contributed by atoms with Gasteiger partial charge in [-0.25, -0.2) is 4.98 Å². The molecule has 0 radical (unpaired) electrons. The Morgan fingerprint density at radius 2 is 1.17 bits per heavy atom. The SMILES string of the molecule is CC[Si](CC)(CC)CN(C[Si](CC)(CC)CC)c1cc(Cc2ccccc2)ccn1. The highest BCUT2D eigenvalue weighted by atomic mass is 28.3. The van der Waals surface area contributed by atoms with Crippen LogP contribution in [0, 0.1) is 0 Å². The number of hydrogen-bond donors (Lipinski definition) is 0. The molecule has 1 aromatic heterocycles. The van der Waals surface area contributed by atoms with Crippen LogP contribution in [0.15, 0.2) is 48.7 Å². The molecule has 1 heterocycles. The molecule has 1 aromatic carbocycles. The average Bonchev–Trinajstić information content (AvgIpc) is 2.81. The van der Waals surface area contributed by atoms with Crippen molar-refractivity contribution in [2.75, 3.05) is 17.2 Å². The molecule has 0 aliphatic rings. The minimum atomic E-state index is -1.28. The molecule has 0 unspecified atom stereocenters. The Kier molecular flexibility index (Phi) is 9.82. The fraction of sp³-hybridized carbons (Fsp3) is 0.577. The average molecular weight is 441 g/mol. The van der Waals surface area contributed by atoms with Crippen LogP contribution in [0.4, 0.5) is 5.82 Å². The summed E-state index contributed by atoms with van der Waals surface area (Å²) in [6.45, 7) is 14.6. The van der Waals surface area contributed by atoms with Crippen LogP contribution in [0.2, 0.25) is 36.3 Å². The van der Waals surface area contributed by atoms with Gasteiger partial charge in [-0.1, -0.05) is 108 Å². The smallest absolute Gasteiger partial charge is 0.128 e. The maximum atomic E-state index is 4.93. The maximum absolute atomic E-state index is 4.93. The van der Waals surface area contributed by atoms with Crippen LogP contribution in [0.5, 0.6) is 0 Å². The third-order valence-corrected chi connectivity index (χ3v) is 19.0. The van der Waals surface area contributed by atoms with Crippen LogP contribution in [-0.2, 0) is 6.42 Å². The zero-order valence-corrected chi connectivity index (χ0v) is 22.4. The minimum Gasteiger partial charge on any atom is -0.362 e. The fourth-order valence-corrected chi connectivity index (χ4v) is 11.5. The highest BCUT2D eigenvalue weighted by Gasteiger charge is 2.35. The van der Waals surface area contributed by atoms with Gasteiger partial charge in [0.15, 0.2) is 0 Å². The first-order valence-corrected chi connectivity index (χ1v) is 17.9. The molecule has 0 saturated carbocycles. The Balaban J connectivity index is 2.39. The highest BCUT2D eigenvalue weighted by Crippen LogP contribution is 2.29. The van der Waals surface area contributed by atoms with E-state index in [1.807, 2.05) is 6.20 Å². The van der Waals surface area contributed by atoms with Gasteiger partial charge < -0.3 is 4.90 Å². The fourth-order valence-electron chi connectivity index (χ4n) is 4.77. The van der Waals surface area contributed by atoms with Gasteiger partial charge in [0.25, 0.3) is 0 Å². The number of hydrogen-bond acceptors (Lipinski definition) is 2.